The normalized spacial score (nSPS) is 15.1. The molecule has 0 bridgehead atoms. The van der Waals surface area contributed by atoms with Gasteiger partial charge in [0.05, 0.1) is 26.0 Å². The largest absolute Gasteiger partial charge is 0.496 e. The number of benzene rings is 4. The molecule has 0 aromatic heterocycles. The minimum atomic E-state index is -3.67. The molecule has 0 unspecified atom stereocenters. The van der Waals surface area contributed by atoms with E-state index in [2.05, 4.69) is 84.2 Å². The van der Waals surface area contributed by atoms with Crippen LogP contribution in [0.25, 0.3) is 22.3 Å². The number of hydrogen-bond acceptors (Lipinski definition) is 5. The summed E-state index contributed by atoms with van der Waals surface area (Å²) in [5.41, 5.74) is 7.88. The minimum Gasteiger partial charge on any atom is -0.496 e. The molecule has 0 amide bonds. The van der Waals surface area contributed by atoms with Crippen LogP contribution >= 0.6 is 7.92 Å². The molecule has 6 rings (SSSR count). The zero-order valence-corrected chi connectivity index (χ0v) is 32.5. The second kappa shape index (κ2) is 20.8. The summed E-state index contributed by atoms with van der Waals surface area (Å²) in [6.07, 6.45) is 14.9. The maximum atomic E-state index is 9.19. The van der Waals surface area contributed by atoms with Gasteiger partial charge in [-0.15, -0.1) is 0 Å². The number of para-hydroxylation sites is 1. The van der Waals surface area contributed by atoms with E-state index < -0.39 is 10.1 Å². The first-order valence-corrected chi connectivity index (χ1v) is 20.4. The molecule has 2 aliphatic carbocycles. The Morgan fingerprint density at radius 3 is 1.59 bits per heavy atom. The van der Waals surface area contributed by atoms with Crippen molar-refractivity contribution in [3.8, 4) is 33.8 Å². The van der Waals surface area contributed by atoms with Crippen LogP contribution in [0, 0.1) is 0 Å². The molecule has 0 aliphatic heterocycles. The summed E-state index contributed by atoms with van der Waals surface area (Å²) in [6.45, 7) is 0. The van der Waals surface area contributed by atoms with Crippen LogP contribution in [-0.4, -0.2) is 51.8 Å². The van der Waals surface area contributed by atoms with Gasteiger partial charge in [-0.25, -0.2) is 0 Å². The van der Waals surface area contributed by atoms with Gasteiger partial charge in [0.2, 0.25) is 0 Å². The van der Waals surface area contributed by atoms with Gasteiger partial charge in [-0.1, -0.05) is 125 Å². The molecule has 9 heteroatoms. The van der Waals surface area contributed by atoms with E-state index in [1.54, 1.807) is 19.5 Å². The van der Waals surface area contributed by atoms with E-state index in [9.17, 15) is 8.42 Å². The number of methoxy groups -OCH3 is 2. The molecule has 268 valence electrons. The van der Waals surface area contributed by atoms with Gasteiger partial charge in [0.15, 0.2) is 0 Å². The van der Waals surface area contributed by atoms with Crippen molar-refractivity contribution in [1.29, 1.82) is 0 Å². The molecule has 2 aliphatic rings. The van der Waals surface area contributed by atoms with E-state index in [1.165, 1.54) is 86.6 Å². The predicted molar refractivity (Wildman–Crippen MR) is 204 cm³/mol. The number of ether oxygens (including phenoxy) is 2. The fourth-order valence-corrected chi connectivity index (χ4v) is 11.0. The van der Waals surface area contributed by atoms with Crippen LogP contribution in [0.4, 0.5) is 5.69 Å². The molecule has 2 fully saturated rings. The molecule has 2 saturated carbocycles. The van der Waals surface area contributed by atoms with Crippen LogP contribution in [0.3, 0.4) is 0 Å². The second-order valence-electron chi connectivity index (χ2n) is 12.4. The number of anilines is 1. The van der Waals surface area contributed by atoms with Crippen molar-refractivity contribution in [1.82, 2.24) is 0 Å². The maximum Gasteiger partial charge on any atom is 0.261 e. The first-order chi connectivity index (χ1) is 23.2. The summed E-state index contributed by atoms with van der Waals surface area (Å²) >= 11 is 0. The van der Waals surface area contributed by atoms with Crippen LogP contribution in [0.15, 0.2) is 97.1 Å². The average Bonchev–Trinajstić information content (AvgIpc) is 3.12. The standard InChI is InChI=1S/C26H35O2P.C13H13N.CH4O3S.Pd/c1-27-23-17-11-18-24(28-2)26(23)22-16-9-10-19-25(22)29(20-12-5-3-6-13-20)21-14-7-4-8-15-21;1-14-13-10-6-5-9-12(13)11-7-3-2-4-8-11;1-5(2,3)4;/h9-11,16-21H,3-8,12-15H2,1-2H3;2-10,14H,1H3;1H3,(H,2,3,4);. The van der Waals surface area contributed by atoms with Gasteiger partial charge in [-0.3, -0.25) is 4.55 Å². The average molecular weight is 796 g/mol. The molecule has 0 spiro atoms. The zero-order valence-electron chi connectivity index (χ0n) is 29.2. The number of hydrogen-bond donors (Lipinski definition) is 2. The van der Waals surface area contributed by atoms with Crippen LogP contribution in [-0.2, 0) is 30.5 Å². The van der Waals surface area contributed by atoms with Crippen molar-refractivity contribution in [3.05, 3.63) is 97.1 Å². The third-order valence-electron chi connectivity index (χ3n) is 9.10. The number of nitrogens with one attached hydrogen (secondary N) is 1. The minimum absolute atomic E-state index is 0. The Morgan fingerprint density at radius 1 is 0.653 bits per heavy atom. The Labute approximate surface area is 309 Å². The van der Waals surface area contributed by atoms with Gasteiger partial charge in [-0.05, 0) is 71.6 Å². The number of rotatable bonds is 8. The fraction of sp³-hybridized carbons (Fsp3) is 0.400. The first-order valence-electron chi connectivity index (χ1n) is 17.1. The van der Waals surface area contributed by atoms with Crippen LogP contribution < -0.4 is 20.1 Å². The van der Waals surface area contributed by atoms with E-state index in [0.29, 0.717) is 6.26 Å². The van der Waals surface area contributed by atoms with Crippen LogP contribution in [0.1, 0.15) is 64.2 Å². The second-order valence-corrected chi connectivity index (χ2v) is 16.7. The maximum absolute atomic E-state index is 9.19. The van der Waals surface area contributed by atoms with Gasteiger partial charge in [0, 0.05) is 38.7 Å². The third-order valence-corrected chi connectivity index (χ3v) is 12.6. The molecule has 2 N–H and O–H groups in total. The molecule has 6 nitrogen and oxygen atoms in total. The van der Waals surface area contributed by atoms with Gasteiger partial charge < -0.3 is 14.8 Å². The summed E-state index contributed by atoms with van der Waals surface area (Å²) in [6, 6.07) is 34.0. The molecular formula is C40H52NO5PPdS. The Morgan fingerprint density at radius 2 is 1.10 bits per heavy atom. The first kappa shape index (κ1) is 40.7. The van der Waals surface area contributed by atoms with Gasteiger partial charge in [-0.2, -0.15) is 8.42 Å². The summed E-state index contributed by atoms with van der Waals surface area (Å²) in [5, 5.41) is 4.78. The smallest absolute Gasteiger partial charge is 0.261 e. The van der Waals surface area contributed by atoms with Crippen molar-refractivity contribution in [2.45, 2.75) is 75.5 Å². The molecular weight excluding hydrogens is 744 g/mol. The van der Waals surface area contributed by atoms with Gasteiger partial charge in [0.25, 0.3) is 10.1 Å². The summed E-state index contributed by atoms with van der Waals surface area (Å²) < 4.78 is 37.5. The summed E-state index contributed by atoms with van der Waals surface area (Å²) in [7, 11) is 1.64. The Bertz CT molecular complexity index is 1610. The zero-order chi connectivity index (χ0) is 34.4. The quantitative estimate of drug-likeness (QED) is 0.105. The predicted octanol–water partition coefficient (Wildman–Crippen LogP) is 10.0. The van der Waals surface area contributed by atoms with Crippen molar-refractivity contribution < 1.29 is 42.9 Å². The van der Waals surface area contributed by atoms with Gasteiger partial charge >= 0.3 is 0 Å². The summed E-state index contributed by atoms with van der Waals surface area (Å²) in [5.74, 6) is 1.83. The Kier molecular flexibility index (Phi) is 17.3. The molecule has 0 radical (unpaired) electrons. The van der Waals surface area contributed by atoms with Crippen LogP contribution in [0.5, 0.6) is 11.5 Å². The molecule has 0 saturated heterocycles. The van der Waals surface area contributed by atoms with Gasteiger partial charge in [0.1, 0.15) is 11.5 Å². The monoisotopic (exact) mass is 795 g/mol. The molecule has 4 aromatic rings. The third kappa shape index (κ3) is 12.2. The van der Waals surface area contributed by atoms with E-state index in [1.807, 2.05) is 25.2 Å². The van der Waals surface area contributed by atoms with Crippen molar-refractivity contribution in [2.24, 2.45) is 0 Å². The Balaban J connectivity index is 0.000000270. The van der Waals surface area contributed by atoms with Crippen molar-refractivity contribution in [3.63, 3.8) is 0 Å². The Hall–Kier alpha value is -2.72. The summed E-state index contributed by atoms with van der Waals surface area (Å²) in [4.78, 5) is 0. The van der Waals surface area contributed by atoms with Crippen molar-refractivity contribution in [2.75, 3.05) is 32.8 Å². The van der Waals surface area contributed by atoms with E-state index >= 15 is 0 Å². The SMILES string of the molecule is CNc1ccccc1-c1ccccc1.COc1cccc(OC)c1-c1ccccc1P(C1CCCCC1)C1CCCCC1.CS(=O)(=O)O.[Pd]. The molecule has 0 heterocycles. The molecule has 4 aromatic carbocycles. The van der Waals surface area contributed by atoms with E-state index in [4.69, 9.17) is 14.0 Å². The van der Waals surface area contributed by atoms with Crippen molar-refractivity contribution >= 4 is 29.0 Å². The van der Waals surface area contributed by atoms with Crippen LogP contribution in [0.2, 0.25) is 0 Å². The molecule has 0 atom stereocenters. The molecule has 49 heavy (non-hydrogen) atoms. The topological polar surface area (TPSA) is 84.9 Å². The van der Waals surface area contributed by atoms with E-state index in [0.717, 1.165) is 28.4 Å². The fourth-order valence-electron chi connectivity index (χ4n) is 7.01. The van der Waals surface area contributed by atoms with E-state index in [-0.39, 0.29) is 28.3 Å².